The highest BCUT2D eigenvalue weighted by Gasteiger charge is 2.29. The SMILES string of the molecule is CC(C(=O)N1CCOc2ccc(C3=CCCCC3)cc2C1)N1CCOCC1. The molecule has 1 aromatic rings. The number of carbonyl (C=O) groups excluding carboxylic acids is 1. The second-order valence-electron chi connectivity index (χ2n) is 7.73. The summed E-state index contributed by atoms with van der Waals surface area (Å²) in [7, 11) is 0. The van der Waals surface area contributed by atoms with Crippen molar-refractivity contribution in [3.63, 3.8) is 0 Å². The maximum absolute atomic E-state index is 13.1. The van der Waals surface area contributed by atoms with E-state index in [9.17, 15) is 4.79 Å². The molecule has 1 fully saturated rings. The second kappa shape index (κ2) is 8.44. The van der Waals surface area contributed by atoms with Gasteiger partial charge in [0.15, 0.2) is 0 Å². The summed E-state index contributed by atoms with van der Waals surface area (Å²) in [5, 5.41) is 0. The van der Waals surface area contributed by atoms with Gasteiger partial charge in [-0.15, -0.1) is 0 Å². The molecule has 0 radical (unpaired) electrons. The highest BCUT2D eigenvalue weighted by atomic mass is 16.5. The Morgan fingerprint density at radius 3 is 2.74 bits per heavy atom. The molecule has 3 aliphatic rings. The maximum Gasteiger partial charge on any atom is 0.240 e. The fourth-order valence-electron chi connectivity index (χ4n) is 4.27. The first-order valence-corrected chi connectivity index (χ1v) is 10.3. The Morgan fingerprint density at radius 2 is 1.96 bits per heavy atom. The lowest BCUT2D eigenvalue weighted by molar-refractivity contribution is -0.138. The van der Waals surface area contributed by atoms with E-state index >= 15 is 0 Å². The van der Waals surface area contributed by atoms with E-state index in [-0.39, 0.29) is 11.9 Å². The van der Waals surface area contributed by atoms with Crippen LogP contribution in [-0.2, 0) is 16.1 Å². The third kappa shape index (κ3) is 4.19. The van der Waals surface area contributed by atoms with Gasteiger partial charge >= 0.3 is 0 Å². The zero-order chi connectivity index (χ0) is 18.6. The zero-order valence-corrected chi connectivity index (χ0v) is 16.3. The molecule has 0 N–H and O–H groups in total. The molecular weight excluding hydrogens is 340 g/mol. The van der Waals surface area contributed by atoms with Gasteiger partial charge in [-0.05, 0) is 55.9 Å². The van der Waals surface area contributed by atoms with E-state index < -0.39 is 0 Å². The number of allylic oxidation sites excluding steroid dienone is 2. The molecule has 0 bridgehead atoms. The summed E-state index contributed by atoms with van der Waals surface area (Å²) in [4.78, 5) is 17.3. The first-order chi connectivity index (χ1) is 13.2. The van der Waals surface area contributed by atoms with E-state index in [0.29, 0.717) is 32.9 Å². The third-order valence-corrected chi connectivity index (χ3v) is 5.96. The highest BCUT2D eigenvalue weighted by molar-refractivity contribution is 5.81. The van der Waals surface area contributed by atoms with Gasteiger partial charge in [-0.2, -0.15) is 0 Å². The van der Waals surface area contributed by atoms with Crippen molar-refractivity contribution in [2.45, 2.75) is 45.2 Å². The molecule has 1 unspecified atom stereocenters. The van der Waals surface area contributed by atoms with Crippen LogP contribution in [0.1, 0.15) is 43.7 Å². The minimum atomic E-state index is -0.111. The molecule has 146 valence electrons. The van der Waals surface area contributed by atoms with Crippen molar-refractivity contribution >= 4 is 11.5 Å². The fourth-order valence-corrected chi connectivity index (χ4v) is 4.27. The van der Waals surface area contributed by atoms with Crippen molar-refractivity contribution in [3.8, 4) is 5.75 Å². The Morgan fingerprint density at radius 1 is 1.11 bits per heavy atom. The van der Waals surface area contributed by atoms with Crippen molar-refractivity contribution in [2.24, 2.45) is 0 Å². The van der Waals surface area contributed by atoms with Gasteiger partial charge in [0.1, 0.15) is 12.4 Å². The normalized spacial score (nSPS) is 22.3. The first-order valence-electron chi connectivity index (χ1n) is 10.3. The van der Waals surface area contributed by atoms with Gasteiger partial charge in [0.2, 0.25) is 5.91 Å². The van der Waals surface area contributed by atoms with Crippen LogP contribution in [0.15, 0.2) is 24.3 Å². The molecule has 2 aliphatic heterocycles. The number of hydrogen-bond donors (Lipinski definition) is 0. The quantitative estimate of drug-likeness (QED) is 0.820. The Bertz CT molecular complexity index is 710. The molecular formula is C22H30N2O3. The summed E-state index contributed by atoms with van der Waals surface area (Å²) in [5.74, 6) is 1.11. The molecule has 0 aromatic heterocycles. The van der Waals surface area contributed by atoms with Gasteiger partial charge in [0.05, 0.1) is 25.8 Å². The van der Waals surface area contributed by atoms with Gasteiger partial charge in [0, 0.05) is 25.2 Å². The van der Waals surface area contributed by atoms with Gasteiger partial charge in [-0.25, -0.2) is 0 Å². The number of morpholine rings is 1. The molecule has 1 saturated heterocycles. The summed E-state index contributed by atoms with van der Waals surface area (Å²) in [6.45, 7) is 6.91. The van der Waals surface area contributed by atoms with Crippen LogP contribution in [0.25, 0.3) is 5.57 Å². The summed E-state index contributed by atoms with van der Waals surface area (Å²) in [6, 6.07) is 6.38. The van der Waals surface area contributed by atoms with E-state index in [2.05, 4.69) is 29.2 Å². The molecule has 1 aromatic carbocycles. The van der Waals surface area contributed by atoms with Gasteiger partial charge in [-0.1, -0.05) is 12.1 Å². The van der Waals surface area contributed by atoms with E-state index in [0.717, 1.165) is 30.8 Å². The largest absolute Gasteiger partial charge is 0.491 e. The molecule has 1 aliphatic carbocycles. The van der Waals surface area contributed by atoms with Crippen LogP contribution in [0, 0.1) is 0 Å². The monoisotopic (exact) mass is 370 g/mol. The number of amides is 1. The van der Waals surface area contributed by atoms with E-state index in [4.69, 9.17) is 9.47 Å². The molecule has 1 amide bonds. The van der Waals surface area contributed by atoms with Crippen molar-refractivity contribution in [1.82, 2.24) is 9.80 Å². The number of carbonyl (C=O) groups is 1. The molecule has 1 atom stereocenters. The van der Waals surface area contributed by atoms with E-state index in [1.807, 2.05) is 11.8 Å². The summed E-state index contributed by atoms with van der Waals surface area (Å²) in [6.07, 6.45) is 7.24. The van der Waals surface area contributed by atoms with Crippen molar-refractivity contribution in [1.29, 1.82) is 0 Å². The number of hydrogen-bond acceptors (Lipinski definition) is 4. The van der Waals surface area contributed by atoms with Gasteiger partial charge in [0.25, 0.3) is 0 Å². The Balaban J connectivity index is 1.51. The molecule has 0 spiro atoms. The van der Waals surface area contributed by atoms with Crippen molar-refractivity contribution in [2.75, 3.05) is 39.5 Å². The fraction of sp³-hybridized carbons (Fsp3) is 0.591. The molecule has 5 heteroatoms. The van der Waals surface area contributed by atoms with Crippen LogP contribution in [-0.4, -0.2) is 61.2 Å². The average molecular weight is 370 g/mol. The molecule has 4 rings (SSSR count). The Hall–Kier alpha value is -1.85. The van der Waals surface area contributed by atoms with Crippen LogP contribution < -0.4 is 4.74 Å². The van der Waals surface area contributed by atoms with Gasteiger partial charge < -0.3 is 14.4 Å². The zero-order valence-electron chi connectivity index (χ0n) is 16.3. The third-order valence-electron chi connectivity index (χ3n) is 5.96. The molecule has 2 heterocycles. The number of ether oxygens (including phenoxy) is 2. The van der Waals surface area contributed by atoms with Crippen molar-refractivity contribution < 1.29 is 14.3 Å². The summed E-state index contributed by atoms with van der Waals surface area (Å²) in [5.41, 5.74) is 3.85. The van der Waals surface area contributed by atoms with Crippen LogP contribution in [0.4, 0.5) is 0 Å². The van der Waals surface area contributed by atoms with Crippen molar-refractivity contribution in [3.05, 3.63) is 35.4 Å². The molecule has 5 nitrogen and oxygen atoms in total. The number of rotatable bonds is 3. The Labute approximate surface area is 161 Å². The lowest BCUT2D eigenvalue weighted by Gasteiger charge is -2.34. The van der Waals surface area contributed by atoms with E-state index in [1.54, 1.807) is 0 Å². The van der Waals surface area contributed by atoms with Crippen LogP contribution in [0.2, 0.25) is 0 Å². The summed E-state index contributed by atoms with van der Waals surface area (Å²) < 4.78 is 11.4. The predicted octanol–water partition coefficient (Wildman–Crippen LogP) is 3.09. The number of nitrogens with zero attached hydrogens (tertiary/aromatic N) is 2. The topological polar surface area (TPSA) is 42.0 Å². The predicted molar refractivity (Wildman–Crippen MR) is 106 cm³/mol. The molecule has 0 saturated carbocycles. The lowest BCUT2D eigenvalue weighted by atomic mass is 9.92. The van der Waals surface area contributed by atoms with Crippen LogP contribution in [0.5, 0.6) is 5.75 Å². The minimum absolute atomic E-state index is 0.111. The van der Waals surface area contributed by atoms with E-state index in [1.165, 1.54) is 30.4 Å². The second-order valence-corrected chi connectivity index (χ2v) is 7.73. The summed E-state index contributed by atoms with van der Waals surface area (Å²) >= 11 is 0. The first kappa shape index (κ1) is 18.5. The standard InChI is InChI=1S/C22H30N2O3/c1-17(23-9-12-26-13-10-23)22(25)24-11-14-27-21-8-7-19(15-20(21)16-24)18-5-3-2-4-6-18/h5,7-8,15,17H,2-4,6,9-14,16H2,1H3. The molecule has 27 heavy (non-hydrogen) atoms. The highest BCUT2D eigenvalue weighted by Crippen LogP contribution is 2.31. The van der Waals surface area contributed by atoms with Crippen LogP contribution in [0.3, 0.4) is 0 Å². The lowest BCUT2D eigenvalue weighted by Crippen LogP contribution is -2.51. The Kier molecular flexibility index (Phi) is 5.79. The minimum Gasteiger partial charge on any atom is -0.491 e. The maximum atomic E-state index is 13.1. The number of benzene rings is 1. The van der Waals surface area contributed by atoms with Crippen LogP contribution >= 0.6 is 0 Å². The number of fused-ring (bicyclic) bond motifs is 1. The smallest absolute Gasteiger partial charge is 0.240 e. The average Bonchev–Trinajstić information content (AvgIpc) is 2.96. The van der Waals surface area contributed by atoms with Gasteiger partial charge in [-0.3, -0.25) is 9.69 Å².